The van der Waals surface area contributed by atoms with Crippen LogP contribution in [0.15, 0.2) is 71.7 Å². The first-order chi connectivity index (χ1) is 18.6. The van der Waals surface area contributed by atoms with E-state index in [2.05, 4.69) is 15.0 Å². The van der Waals surface area contributed by atoms with Crippen LogP contribution in [0.4, 0.5) is 5.69 Å². The van der Waals surface area contributed by atoms with Crippen molar-refractivity contribution in [3.8, 4) is 0 Å². The first-order valence-electron chi connectivity index (χ1n) is 11.4. The molecule has 0 aliphatic carbocycles. The van der Waals surface area contributed by atoms with Gasteiger partial charge in [0, 0.05) is 40.9 Å². The average Bonchev–Trinajstić information content (AvgIpc) is 3.59. The van der Waals surface area contributed by atoms with Gasteiger partial charge in [0.25, 0.3) is 16.1 Å². The number of anilines is 1. The summed E-state index contributed by atoms with van der Waals surface area (Å²) < 4.78 is 30.3. The molecular formula is C25H22Cl2N4O5S3. The number of carboxylic acids is 1. The maximum atomic E-state index is 13.3. The molecule has 3 N–H and O–H groups in total. The quantitative estimate of drug-likeness (QED) is 0.196. The van der Waals surface area contributed by atoms with Gasteiger partial charge in [0.1, 0.15) is 6.04 Å². The van der Waals surface area contributed by atoms with Crippen LogP contribution < -0.4 is 10.0 Å². The Bertz CT molecular complexity index is 1470. The standard InChI is InChI=1S/C25H22Cl2N4O5S3/c26-20-12-28-13-21(27)23(20)24(32)29-17-7-5-16(6-8-17)11-22(25(33)34)30-39(35,36)31(14-18-3-1-9-37-18)15-19-4-2-10-38-19/h1-10,12-13,22,30H,11,14-15H2,(H,29,32)(H,33,34). The lowest BCUT2D eigenvalue weighted by Crippen LogP contribution is -2.48. The largest absolute Gasteiger partial charge is 0.480 e. The monoisotopic (exact) mass is 624 g/mol. The van der Waals surface area contributed by atoms with Gasteiger partial charge in [-0.2, -0.15) is 17.4 Å². The number of amides is 1. The van der Waals surface area contributed by atoms with Gasteiger partial charge < -0.3 is 10.4 Å². The zero-order valence-electron chi connectivity index (χ0n) is 20.1. The Morgan fingerprint density at radius 3 is 2.00 bits per heavy atom. The van der Waals surface area contributed by atoms with Crippen LogP contribution >= 0.6 is 45.9 Å². The van der Waals surface area contributed by atoms with Crippen molar-refractivity contribution in [1.82, 2.24) is 14.0 Å². The Morgan fingerprint density at radius 1 is 0.949 bits per heavy atom. The molecule has 1 amide bonds. The number of pyridine rings is 1. The Labute approximate surface area is 243 Å². The van der Waals surface area contributed by atoms with E-state index in [4.69, 9.17) is 23.2 Å². The Balaban J connectivity index is 1.46. The van der Waals surface area contributed by atoms with E-state index in [0.717, 1.165) is 9.75 Å². The fourth-order valence-electron chi connectivity index (χ4n) is 3.59. The van der Waals surface area contributed by atoms with E-state index in [9.17, 15) is 23.1 Å². The molecular weight excluding hydrogens is 603 g/mol. The summed E-state index contributed by atoms with van der Waals surface area (Å²) in [5, 5.41) is 16.4. The number of halogens is 2. The van der Waals surface area contributed by atoms with Crippen molar-refractivity contribution in [2.45, 2.75) is 25.6 Å². The van der Waals surface area contributed by atoms with E-state index in [1.807, 2.05) is 35.0 Å². The SMILES string of the molecule is O=C(Nc1ccc(CC(NS(=O)(=O)N(Cc2cccs2)Cc2cccs2)C(=O)O)cc1)c1c(Cl)cncc1Cl. The lowest BCUT2D eigenvalue weighted by Gasteiger charge is -2.24. The minimum atomic E-state index is -4.17. The number of aromatic nitrogens is 1. The number of hydrogen-bond donors (Lipinski definition) is 3. The summed E-state index contributed by atoms with van der Waals surface area (Å²) in [4.78, 5) is 30.1. The van der Waals surface area contributed by atoms with Gasteiger partial charge in [0.2, 0.25) is 0 Å². The summed E-state index contributed by atoms with van der Waals surface area (Å²) in [7, 11) is -4.17. The molecule has 0 saturated carbocycles. The van der Waals surface area contributed by atoms with Crippen LogP contribution in [0.3, 0.4) is 0 Å². The van der Waals surface area contributed by atoms with Gasteiger partial charge in [0.15, 0.2) is 0 Å². The average molecular weight is 626 g/mol. The van der Waals surface area contributed by atoms with Crippen molar-refractivity contribution in [3.63, 3.8) is 0 Å². The Kier molecular flexibility index (Phi) is 9.72. The number of nitrogens with zero attached hydrogens (tertiary/aromatic N) is 2. The van der Waals surface area contributed by atoms with Gasteiger partial charge in [-0.15, -0.1) is 22.7 Å². The van der Waals surface area contributed by atoms with E-state index in [1.165, 1.54) is 39.4 Å². The third kappa shape index (κ3) is 7.85. The molecule has 1 atom stereocenters. The number of carbonyl (C=O) groups is 2. The van der Waals surface area contributed by atoms with Crippen LogP contribution in [-0.2, 0) is 34.5 Å². The maximum Gasteiger partial charge on any atom is 0.322 e. The minimum absolute atomic E-state index is 0.0763. The molecule has 39 heavy (non-hydrogen) atoms. The first-order valence-corrected chi connectivity index (χ1v) is 15.3. The van der Waals surface area contributed by atoms with Gasteiger partial charge in [-0.1, -0.05) is 47.5 Å². The van der Waals surface area contributed by atoms with Crippen molar-refractivity contribution in [2.24, 2.45) is 0 Å². The van der Waals surface area contributed by atoms with Gasteiger partial charge >= 0.3 is 5.97 Å². The fraction of sp³-hybridized carbons (Fsp3) is 0.160. The molecule has 0 bridgehead atoms. The minimum Gasteiger partial charge on any atom is -0.480 e. The van der Waals surface area contributed by atoms with Gasteiger partial charge in [0.05, 0.1) is 15.6 Å². The molecule has 4 aromatic rings. The topological polar surface area (TPSA) is 129 Å². The van der Waals surface area contributed by atoms with Gasteiger partial charge in [-0.3, -0.25) is 14.6 Å². The zero-order valence-corrected chi connectivity index (χ0v) is 24.0. The number of nitrogens with one attached hydrogen (secondary N) is 2. The van der Waals surface area contributed by atoms with Crippen LogP contribution in [0.5, 0.6) is 0 Å². The highest BCUT2D eigenvalue weighted by Crippen LogP contribution is 2.24. The summed E-state index contributed by atoms with van der Waals surface area (Å²) in [6.07, 6.45) is 2.50. The number of aliphatic carboxylic acids is 1. The summed E-state index contributed by atoms with van der Waals surface area (Å²) in [5.74, 6) is -1.85. The molecule has 1 aromatic carbocycles. The molecule has 204 valence electrons. The zero-order chi connectivity index (χ0) is 28.0. The summed E-state index contributed by atoms with van der Waals surface area (Å²) >= 11 is 14.9. The second kappa shape index (κ2) is 13.0. The molecule has 0 saturated heterocycles. The third-order valence-corrected chi connectivity index (χ3v) is 9.30. The van der Waals surface area contributed by atoms with E-state index in [-0.39, 0.29) is 35.1 Å². The molecule has 0 aliphatic rings. The molecule has 14 heteroatoms. The molecule has 0 fully saturated rings. The molecule has 4 rings (SSSR count). The third-order valence-electron chi connectivity index (χ3n) is 5.49. The smallest absolute Gasteiger partial charge is 0.322 e. The first kappa shape index (κ1) is 29.2. The highest BCUT2D eigenvalue weighted by Gasteiger charge is 2.30. The molecule has 3 heterocycles. The number of thiophene rings is 2. The van der Waals surface area contributed by atoms with Gasteiger partial charge in [-0.25, -0.2) is 0 Å². The predicted molar refractivity (Wildman–Crippen MR) is 154 cm³/mol. The van der Waals surface area contributed by atoms with Crippen LogP contribution in [0.1, 0.15) is 25.7 Å². The maximum absolute atomic E-state index is 13.3. The van der Waals surface area contributed by atoms with E-state index >= 15 is 0 Å². The number of rotatable bonds is 12. The second-order valence-corrected chi connectivity index (χ2v) is 12.9. The Morgan fingerprint density at radius 2 is 1.51 bits per heavy atom. The molecule has 0 radical (unpaired) electrons. The highest BCUT2D eigenvalue weighted by atomic mass is 35.5. The van der Waals surface area contributed by atoms with Crippen molar-refractivity contribution in [2.75, 3.05) is 5.32 Å². The van der Waals surface area contributed by atoms with Crippen LogP contribution in [0, 0.1) is 0 Å². The van der Waals surface area contributed by atoms with Gasteiger partial charge in [-0.05, 0) is 47.0 Å². The van der Waals surface area contributed by atoms with Crippen LogP contribution in [0.2, 0.25) is 10.0 Å². The molecule has 0 spiro atoms. The Hall–Kier alpha value is -2.84. The molecule has 0 aliphatic heterocycles. The lowest BCUT2D eigenvalue weighted by atomic mass is 10.1. The number of hydrogen-bond acceptors (Lipinski definition) is 7. The van der Waals surface area contributed by atoms with Crippen molar-refractivity contribution in [3.05, 3.63) is 103 Å². The molecule has 1 unspecified atom stereocenters. The molecule has 9 nitrogen and oxygen atoms in total. The summed E-state index contributed by atoms with van der Waals surface area (Å²) in [6.45, 7) is 0.217. The van der Waals surface area contributed by atoms with Crippen molar-refractivity contribution >= 4 is 73.6 Å². The predicted octanol–water partition coefficient (Wildman–Crippen LogP) is 5.30. The number of benzene rings is 1. The number of carbonyl (C=O) groups excluding carboxylic acids is 1. The van der Waals surface area contributed by atoms with E-state index < -0.39 is 28.1 Å². The second-order valence-electron chi connectivity index (χ2n) is 8.27. The van der Waals surface area contributed by atoms with Crippen molar-refractivity contribution in [1.29, 1.82) is 0 Å². The van der Waals surface area contributed by atoms with Crippen LogP contribution in [-0.4, -0.2) is 40.7 Å². The fourth-order valence-corrected chi connectivity index (χ4v) is 7.04. The van der Waals surface area contributed by atoms with Crippen molar-refractivity contribution < 1.29 is 23.1 Å². The van der Waals surface area contributed by atoms with E-state index in [1.54, 1.807) is 24.3 Å². The van der Waals surface area contributed by atoms with Crippen LogP contribution in [0.25, 0.3) is 0 Å². The molecule has 3 aromatic heterocycles. The number of carboxylic acid groups (broad SMARTS) is 1. The normalized spacial score (nSPS) is 12.4. The lowest BCUT2D eigenvalue weighted by molar-refractivity contribution is -0.138. The summed E-state index contributed by atoms with van der Waals surface area (Å²) in [5.41, 5.74) is 1.04. The highest BCUT2D eigenvalue weighted by molar-refractivity contribution is 7.87. The summed E-state index contributed by atoms with van der Waals surface area (Å²) in [6, 6.07) is 12.2. The van der Waals surface area contributed by atoms with E-state index in [0.29, 0.717) is 11.3 Å².